The lowest BCUT2D eigenvalue weighted by Crippen LogP contribution is -2.30. The number of amides is 2. The van der Waals surface area contributed by atoms with E-state index in [-0.39, 0.29) is 18.6 Å². The van der Waals surface area contributed by atoms with Gasteiger partial charge >= 0.3 is 6.03 Å². The van der Waals surface area contributed by atoms with Crippen molar-refractivity contribution < 1.29 is 23.4 Å². The Balaban J connectivity index is 1.51. The van der Waals surface area contributed by atoms with E-state index in [0.29, 0.717) is 24.4 Å². The Bertz CT molecular complexity index is 751. The first-order valence-corrected chi connectivity index (χ1v) is 7.42. The number of rotatable bonds is 5. The first-order valence-electron chi connectivity index (χ1n) is 7.42. The molecule has 1 aliphatic rings. The molecule has 2 N–H and O–H groups in total. The molecule has 2 aromatic rings. The zero-order valence-corrected chi connectivity index (χ0v) is 13.1. The van der Waals surface area contributed by atoms with Crippen molar-refractivity contribution in [2.24, 2.45) is 0 Å². The predicted octanol–water partition coefficient (Wildman–Crippen LogP) is 2.93. The number of urea groups is 1. The summed E-state index contributed by atoms with van der Waals surface area (Å²) < 4.78 is 28.7. The SMILES string of the molecule is COc1cc(F)ccc1NC(=O)NCCc1ccc2c(c1)OCO2. The highest BCUT2D eigenvalue weighted by Crippen LogP contribution is 2.32. The van der Waals surface area contributed by atoms with Crippen LogP contribution in [0.5, 0.6) is 17.2 Å². The Kier molecular flexibility index (Phi) is 4.69. The summed E-state index contributed by atoms with van der Waals surface area (Å²) in [7, 11) is 1.41. The summed E-state index contributed by atoms with van der Waals surface area (Å²) in [4.78, 5) is 11.9. The number of anilines is 1. The predicted molar refractivity (Wildman–Crippen MR) is 86.2 cm³/mol. The quantitative estimate of drug-likeness (QED) is 0.883. The topological polar surface area (TPSA) is 68.8 Å². The lowest BCUT2D eigenvalue weighted by atomic mass is 10.1. The molecule has 24 heavy (non-hydrogen) atoms. The number of hydrogen-bond donors (Lipinski definition) is 2. The minimum absolute atomic E-state index is 0.235. The Labute approximate surface area is 138 Å². The van der Waals surface area contributed by atoms with Gasteiger partial charge in [0.05, 0.1) is 12.8 Å². The van der Waals surface area contributed by atoms with Crippen LogP contribution in [0.4, 0.5) is 14.9 Å². The van der Waals surface area contributed by atoms with E-state index in [0.717, 1.165) is 11.3 Å². The lowest BCUT2D eigenvalue weighted by Gasteiger charge is -2.11. The fourth-order valence-corrected chi connectivity index (χ4v) is 2.35. The van der Waals surface area contributed by atoms with Gasteiger partial charge in [-0.3, -0.25) is 0 Å². The molecule has 126 valence electrons. The molecule has 6 nitrogen and oxygen atoms in total. The maximum Gasteiger partial charge on any atom is 0.319 e. The van der Waals surface area contributed by atoms with Gasteiger partial charge in [-0.25, -0.2) is 9.18 Å². The number of nitrogens with one attached hydrogen (secondary N) is 2. The van der Waals surface area contributed by atoms with Gasteiger partial charge in [-0.05, 0) is 36.2 Å². The molecule has 0 saturated carbocycles. The number of carbonyl (C=O) groups is 1. The molecule has 0 spiro atoms. The molecular weight excluding hydrogens is 315 g/mol. The highest BCUT2D eigenvalue weighted by Gasteiger charge is 2.13. The lowest BCUT2D eigenvalue weighted by molar-refractivity contribution is 0.174. The number of methoxy groups -OCH3 is 1. The van der Waals surface area contributed by atoms with Gasteiger partial charge in [0.2, 0.25) is 6.79 Å². The Morgan fingerprint density at radius 2 is 2.04 bits per heavy atom. The molecule has 2 amide bonds. The van der Waals surface area contributed by atoms with Crippen LogP contribution in [0.25, 0.3) is 0 Å². The van der Waals surface area contributed by atoms with Crippen molar-refractivity contribution >= 4 is 11.7 Å². The van der Waals surface area contributed by atoms with E-state index in [4.69, 9.17) is 14.2 Å². The minimum Gasteiger partial charge on any atom is -0.494 e. The van der Waals surface area contributed by atoms with E-state index < -0.39 is 5.82 Å². The number of fused-ring (bicyclic) bond motifs is 1. The molecule has 0 aliphatic carbocycles. The van der Waals surface area contributed by atoms with Crippen molar-refractivity contribution in [2.45, 2.75) is 6.42 Å². The third-order valence-corrected chi connectivity index (χ3v) is 3.55. The van der Waals surface area contributed by atoms with Gasteiger partial charge in [0, 0.05) is 12.6 Å². The maximum atomic E-state index is 13.1. The molecule has 0 saturated heterocycles. The maximum absolute atomic E-state index is 13.1. The standard InChI is InChI=1S/C17H17FN2O4/c1-22-15-9-12(18)3-4-13(15)20-17(21)19-7-6-11-2-5-14-16(8-11)24-10-23-14/h2-5,8-9H,6-7,10H2,1H3,(H2,19,20,21). The molecular formula is C17H17FN2O4. The summed E-state index contributed by atoms with van der Waals surface area (Å²) in [6, 6.07) is 9.20. The van der Waals surface area contributed by atoms with Crippen LogP contribution in [0.1, 0.15) is 5.56 Å². The summed E-state index contributed by atoms with van der Waals surface area (Å²) in [5.41, 5.74) is 1.43. The van der Waals surface area contributed by atoms with Gasteiger partial charge in [0.15, 0.2) is 11.5 Å². The first-order chi connectivity index (χ1) is 11.7. The van der Waals surface area contributed by atoms with E-state index in [1.54, 1.807) is 0 Å². The average Bonchev–Trinajstić information content (AvgIpc) is 3.04. The fraction of sp³-hybridized carbons (Fsp3) is 0.235. The number of ether oxygens (including phenoxy) is 3. The zero-order valence-electron chi connectivity index (χ0n) is 13.1. The molecule has 7 heteroatoms. The second-order valence-corrected chi connectivity index (χ2v) is 5.16. The van der Waals surface area contributed by atoms with Crippen molar-refractivity contribution in [1.29, 1.82) is 0 Å². The Morgan fingerprint density at radius 3 is 2.88 bits per heavy atom. The molecule has 1 heterocycles. The molecule has 0 aromatic heterocycles. The van der Waals surface area contributed by atoms with Crippen LogP contribution in [0.15, 0.2) is 36.4 Å². The van der Waals surface area contributed by atoms with Crippen molar-refractivity contribution in [1.82, 2.24) is 5.32 Å². The number of halogens is 1. The third-order valence-electron chi connectivity index (χ3n) is 3.55. The van der Waals surface area contributed by atoms with Crippen molar-refractivity contribution in [3.63, 3.8) is 0 Å². The van der Waals surface area contributed by atoms with Crippen LogP contribution in [0.3, 0.4) is 0 Å². The van der Waals surface area contributed by atoms with Gasteiger partial charge in [-0.1, -0.05) is 6.07 Å². The molecule has 0 bridgehead atoms. The second-order valence-electron chi connectivity index (χ2n) is 5.16. The summed E-state index contributed by atoms with van der Waals surface area (Å²) in [5.74, 6) is 1.28. The Morgan fingerprint density at radius 1 is 1.21 bits per heavy atom. The van der Waals surface area contributed by atoms with Gasteiger partial charge in [-0.15, -0.1) is 0 Å². The molecule has 3 rings (SSSR count). The van der Waals surface area contributed by atoms with Gasteiger partial charge in [-0.2, -0.15) is 0 Å². The monoisotopic (exact) mass is 332 g/mol. The average molecular weight is 332 g/mol. The summed E-state index contributed by atoms with van der Waals surface area (Å²) in [5, 5.41) is 5.37. The molecule has 0 fully saturated rings. The number of hydrogen-bond acceptors (Lipinski definition) is 4. The van der Waals surface area contributed by atoms with Crippen LogP contribution in [-0.2, 0) is 6.42 Å². The van der Waals surface area contributed by atoms with Crippen LogP contribution >= 0.6 is 0 Å². The molecule has 2 aromatic carbocycles. The number of carbonyl (C=O) groups excluding carboxylic acids is 1. The van der Waals surface area contributed by atoms with E-state index in [1.807, 2.05) is 18.2 Å². The summed E-state index contributed by atoms with van der Waals surface area (Å²) >= 11 is 0. The van der Waals surface area contributed by atoms with Crippen LogP contribution in [0.2, 0.25) is 0 Å². The van der Waals surface area contributed by atoms with E-state index in [9.17, 15) is 9.18 Å². The van der Waals surface area contributed by atoms with Crippen LogP contribution < -0.4 is 24.8 Å². The summed E-state index contributed by atoms with van der Waals surface area (Å²) in [6.45, 7) is 0.675. The van der Waals surface area contributed by atoms with E-state index in [2.05, 4.69) is 10.6 Å². The normalized spacial score (nSPS) is 11.9. The fourth-order valence-electron chi connectivity index (χ4n) is 2.35. The van der Waals surface area contributed by atoms with Crippen molar-refractivity contribution in [2.75, 3.05) is 25.8 Å². The molecule has 0 radical (unpaired) electrons. The Hall–Kier alpha value is -2.96. The van der Waals surface area contributed by atoms with Crippen molar-refractivity contribution in [3.05, 3.63) is 47.8 Å². The smallest absolute Gasteiger partial charge is 0.319 e. The molecule has 0 atom stereocenters. The third kappa shape index (κ3) is 3.68. The first kappa shape index (κ1) is 15.9. The van der Waals surface area contributed by atoms with Gasteiger partial charge in [0.25, 0.3) is 0 Å². The van der Waals surface area contributed by atoms with E-state index >= 15 is 0 Å². The molecule has 1 aliphatic heterocycles. The van der Waals surface area contributed by atoms with E-state index in [1.165, 1.54) is 25.3 Å². The largest absolute Gasteiger partial charge is 0.494 e. The summed E-state index contributed by atoms with van der Waals surface area (Å²) in [6.07, 6.45) is 0.643. The van der Waals surface area contributed by atoms with Crippen molar-refractivity contribution in [3.8, 4) is 17.2 Å². The highest BCUT2D eigenvalue weighted by atomic mass is 19.1. The van der Waals surface area contributed by atoms with Crippen LogP contribution in [-0.4, -0.2) is 26.5 Å². The zero-order chi connectivity index (χ0) is 16.9. The highest BCUT2D eigenvalue weighted by molar-refractivity contribution is 5.90. The second kappa shape index (κ2) is 7.08. The van der Waals surface area contributed by atoms with Crippen LogP contribution in [0, 0.1) is 5.82 Å². The molecule has 0 unspecified atom stereocenters. The number of benzene rings is 2. The van der Waals surface area contributed by atoms with Gasteiger partial charge < -0.3 is 24.8 Å². The van der Waals surface area contributed by atoms with Gasteiger partial charge in [0.1, 0.15) is 11.6 Å². The minimum atomic E-state index is -0.430.